The van der Waals surface area contributed by atoms with E-state index in [1.165, 1.54) is 0 Å². The number of rotatable bonds is 2. The van der Waals surface area contributed by atoms with E-state index in [0.29, 0.717) is 12.8 Å². The molecule has 72 valence electrons. The average molecular weight is 174 g/mol. The van der Waals surface area contributed by atoms with E-state index >= 15 is 0 Å². The van der Waals surface area contributed by atoms with Crippen molar-refractivity contribution in [2.75, 3.05) is 6.61 Å². The van der Waals surface area contributed by atoms with Gasteiger partial charge in [0, 0.05) is 12.0 Å². The summed E-state index contributed by atoms with van der Waals surface area (Å²) in [5, 5.41) is 28.3. The van der Waals surface area contributed by atoms with Crippen molar-refractivity contribution in [1.29, 1.82) is 0 Å². The van der Waals surface area contributed by atoms with E-state index in [1.807, 2.05) is 13.8 Å². The molecule has 0 aromatic carbocycles. The molecule has 0 heterocycles. The maximum Gasteiger partial charge on any atom is 0.0622 e. The summed E-state index contributed by atoms with van der Waals surface area (Å²) in [6.07, 6.45) is 0.327. The van der Waals surface area contributed by atoms with Crippen molar-refractivity contribution in [2.24, 2.45) is 11.3 Å². The van der Waals surface area contributed by atoms with E-state index in [4.69, 9.17) is 5.11 Å². The summed E-state index contributed by atoms with van der Waals surface area (Å²) in [5.41, 5.74) is -0.519. The number of aliphatic hydroxyl groups excluding tert-OH is 3. The van der Waals surface area contributed by atoms with Gasteiger partial charge in [0.15, 0.2) is 0 Å². The van der Waals surface area contributed by atoms with Crippen LogP contribution < -0.4 is 0 Å². The first-order valence-corrected chi connectivity index (χ1v) is 4.50. The van der Waals surface area contributed by atoms with Gasteiger partial charge in [0.25, 0.3) is 0 Å². The van der Waals surface area contributed by atoms with Crippen LogP contribution in [0.3, 0.4) is 0 Å². The first-order chi connectivity index (χ1) is 5.53. The van der Waals surface area contributed by atoms with Crippen molar-refractivity contribution in [2.45, 2.75) is 38.9 Å². The molecule has 1 rings (SSSR count). The zero-order valence-corrected chi connectivity index (χ0v) is 7.70. The van der Waals surface area contributed by atoms with Gasteiger partial charge >= 0.3 is 0 Å². The van der Waals surface area contributed by atoms with Crippen LogP contribution in [-0.4, -0.2) is 34.1 Å². The lowest BCUT2D eigenvalue weighted by atomic mass is 9.74. The predicted octanol–water partition coefficient (Wildman–Crippen LogP) is 0.137. The fourth-order valence-corrected chi connectivity index (χ4v) is 2.01. The quantitative estimate of drug-likeness (QED) is 0.558. The Morgan fingerprint density at radius 3 is 2.08 bits per heavy atom. The van der Waals surface area contributed by atoms with Gasteiger partial charge in [0.1, 0.15) is 0 Å². The van der Waals surface area contributed by atoms with Crippen LogP contribution in [0.5, 0.6) is 0 Å². The highest BCUT2D eigenvalue weighted by molar-refractivity contribution is 4.98. The standard InChI is InChI=1S/C9H18O3/c1-6(5-10)9(2)7(11)3-4-8(9)12/h6-8,10-12H,3-5H2,1-2H3. The van der Waals surface area contributed by atoms with Gasteiger partial charge in [0.05, 0.1) is 12.2 Å². The van der Waals surface area contributed by atoms with Crippen LogP contribution >= 0.6 is 0 Å². The SMILES string of the molecule is CC(CO)C1(C)C(O)CCC1O. The Balaban J connectivity index is 2.78. The minimum atomic E-state index is -0.519. The molecule has 0 radical (unpaired) electrons. The molecule has 0 amide bonds. The molecule has 0 spiro atoms. The fourth-order valence-electron chi connectivity index (χ4n) is 2.01. The van der Waals surface area contributed by atoms with E-state index in [-0.39, 0.29) is 12.5 Å². The average Bonchev–Trinajstić information content (AvgIpc) is 2.32. The molecule has 1 saturated carbocycles. The largest absolute Gasteiger partial charge is 0.396 e. The van der Waals surface area contributed by atoms with Crippen LogP contribution in [0.15, 0.2) is 0 Å². The summed E-state index contributed by atoms with van der Waals surface area (Å²) in [6.45, 7) is 3.72. The van der Waals surface area contributed by atoms with Crippen LogP contribution in [-0.2, 0) is 0 Å². The normalized spacial score (nSPS) is 44.8. The third kappa shape index (κ3) is 1.26. The van der Waals surface area contributed by atoms with Gasteiger partial charge in [0.2, 0.25) is 0 Å². The molecule has 0 saturated heterocycles. The first kappa shape index (κ1) is 9.96. The topological polar surface area (TPSA) is 60.7 Å². The van der Waals surface area contributed by atoms with E-state index < -0.39 is 17.6 Å². The highest BCUT2D eigenvalue weighted by Gasteiger charge is 2.48. The highest BCUT2D eigenvalue weighted by atomic mass is 16.3. The van der Waals surface area contributed by atoms with Crippen molar-refractivity contribution in [3.8, 4) is 0 Å². The van der Waals surface area contributed by atoms with Crippen molar-refractivity contribution < 1.29 is 15.3 Å². The Hall–Kier alpha value is -0.120. The van der Waals surface area contributed by atoms with Crippen LogP contribution in [0, 0.1) is 11.3 Å². The van der Waals surface area contributed by atoms with Crippen molar-refractivity contribution in [3.63, 3.8) is 0 Å². The monoisotopic (exact) mass is 174 g/mol. The van der Waals surface area contributed by atoms with Crippen LogP contribution in [0.4, 0.5) is 0 Å². The molecule has 1 fully saturated rings. The first-order valence-electron chi connectivity index (χ1n) is 4.50. The Morgan fingerprint density at radius 1 is 1.33 bits per heavy atom. The van der Waals surface area contributed by atoms with Gasteiger partial charge in [-0.25, -0.2) is 0 Å². The zero-order chi connectivity index (χ0) is 9.35. The highest BCUT2D eigenvalue weighted by Crippen LogP contribution is 2.43. The Bertz CT molecular complexity index is 148. The molecule has 1 aliphatic rings. The molecule has 0 bridgehead atoms. The molecule has 3 N–H and O–H groups in total. The van der Waals surface area contributed by atoms with Gasteiger partial charge in [-0.2, -0.15) is 0 Å². The third-order valence-corrected chi connectivity index (χ3v) is 3.49. The summed E-state index contributed by atoms with van der Waals surface area (Å²) in [4.78, 5) is 0. The Morgan fingerprint density at radius 2 is 1.75 bits per heavy atom. The minimum absolute atomic E-state index is 0.0185. The molecule has 3 atom stereocenters. The third-order valence-electron chi connectivity index (χ3n) is 3.49. The summed E-state index contributed by atoms with van der Waals surface area (Å²) in [7, 11) is 0. The molecular formula is C9H18O3. The van der Waals surface area contributed by atoms with E-state index in [1.54, 1.807) is 0 Å². The van der Waals surface area contributed by atoms with Gasteiger partial charge in [-0.1, -0.05) is 13.8 Å². The van der Waals surface area contributed by atoms with Gasteiger partial charge < -0.3 is 15.3 Å². The van der Waals surface area contributed by atoms with Gasteiger partial charge in [-0.05, 0) is 18.8 Å². The molecule has 3 nitrogen and oxygen atoms in total. The second-order valence-corrected chi connectivity index (χ2v) is 4.06. The molecular weight excluding hydrogens is 156 g/mol. The lowest BCUT2D eigenvalue weighted by Crippen LogP contribution is -2.43. The van der Waals surface area contributed by atoms with E-state index in [2.05, 4.69) is 0 Å². The second-order valence-electron chi connectivity index (χ2n) is 4.06. The lowest BCUT2D eigenvalue weighted by Gasteiger charge is -2.36. The minimum Gasteiger partial charge on any atom is -0.396 e. The smallest absolute Gasteiger partial charge is 0.0622 e. The molecule has 0 aromatic rings. The molecule has 12 heavy (non-hydrogen) atoms. The van der Waals surface area contributed by atoms with Crippen molar-refractivity contribution in [1.82, 2.24) is 0 Å². The van der Waals surface area contributed by atoms with Crippen molar-refractivity contribution >= 4 is 0 Å². The van der Waals surface area contributed by atoms with Gasteiger partial charge in [-0.3, -0.25) is 0 Å². The molecule has 1 aliphatic carbocycles. The van der Waals surface area contributed by atoms with Crippen LogP contribution in [0.25, 0.3) is 0 Å². The van der Waals surface area contributed by atoms with Gasteiger partial charge in [-0.15, -0.1) is 0 Å². The Labute approximate surface area is 73.0 Å². The van der Waals surface area contributed by atoms with Crippen molar-refractivity contribution in [3.05, 3.63) is 0 Å². The lowest BCUT2D eigenvalue weighted by molar-refractivity contribution is -0.0612. The number of hydrogen-bond acceptors (Lipinski definition) is 3. The van der Waals surface area contributed by atoms with Crippen LogP contribution in [0.1, 0.15) is 26.7 Å². The van der Waals surface area contributed by atoms with Crippen LogP contribution in [0.2, 0.25) is 0 Å². The molecule has 0 aromatic heterocycles. The summed E-state index contributed by atoms with van der Waals surface area (Å²) >= 11 is 0. The summed E-state index contributed by atoms with van der Waals surface area (Å²) in [5.74, 6) is -0.0509. The number of hydrogen-bond donors (Lipinski definition) is 3. The second kappa shape index (κ2) is 3.32. The molecule has 3 heteroatoms. The Kier molecular flexibility index (Phi) is 2.76. The zero-order valence-electron chi connectivity index (χ0n) is 7.70. The number of aliphatic hydroxyl groups is 3. The predicted molar refractivity (Wildman–Crippen MR) is 45.6 cm³/mol. The molecule has 0 aliphatic heterocycles. The van der Waals surface area contributed by atoms with E-state index in [0.717, 1.165) is 0 Å². The maximum atomic E-state index is 9.65. The fraction of sp³-hybridized carbons (Fsp3) is 1.00. The summed E-state index contributed by atoms with van der Waals surface area (Å²) in [6, 6.07) is 0. The maximum absolute atomic E-state index is 9.65. The summed E-state index contributed by atoms with van der Waals surface area (Å²) < 4.78 is 0. The van der Waals surface area contributed by atoms with E-state index in [9.17, 15) is 10.2 Å². The molecule has 3 unspecified atom stereocenters.